The minimum atomic E-state index is -0.0557. The minimum absolute atomic E-state index is 0.0219. The Morgan fingerprint density at radius 3 is 2.73 bits per heavy atom. The number of ether oxygens (including phenoxy) is 1. The highest BCUT2D eigenvalue weighted by Gasteiger charge is 2.34. The van der Waals surface area contributed by atoms with E-state index in [1.165, 1.54) is 25.5 Å². The Morgan fingerprint density at radius 1 is 1.21 bits per heavy atom. The molecule has 2 aliphatic heterocycles. The van der Waals surface area contributed by atoms with Gasteiger partial charge in [-0.15, -0.1) is 0 Å². The lowest BCUT2D eigenvalue weighted by molar-refractivity contribution is 0.0671. The number of fused-ring (bicyclic) bond motifs is 1. The molecule has 8 nitrogen and oxygen atoms in total. The molecule has 1 saturated heterocycles. The first-order valence-electron chi connectivity index (χ1n) is 12.1. The van der Waals surface area contributed by atoms with Gasteiger partial charge in [0.2, 0.25) is 0 Å². The highest BCUT2D eigenvalue weighted by atomic mass is 16.5. The fourth-order valence-electron chi connectivity index (χ4n) is 5.63. The van der Waals surface area contributed by atoms with Crippen molar-refractivity contribution in [3.8, 4) is 6.07 Å². The lowest BCUT2D eigenvalue weighted by Gasteiger charge is -2.41. The van der Waals surface area contributed by atoms with E-state index in [-0.39, 0.29) is 11.9 Å². The van der Waals surface area contributed by atoms with E-state index in [0.717, 1.165) is 41.9 Å². The summed E-state index contributed by atoms with van der Waals surface area (Å²) < 4.78 is 10.9. The van der Waals surface area contributed by atoms with Crippen LogP contribution >= 0.6 is 0 Å². The van der Waals surface area contributed by atoms with Crippen LogP contribution in [0.2, 0.25) is 0 Å². The highest BCUT2D eigenvalue weighted by Crippen LogP contribution is 2.39. The summed E-state index contributed by atoms with van der Waals surface area (Å²) in [6, 6.07) is 2.45. The van der Waals surface area contributed by atoms with Gasteiger partial charge in [-0.2, -0.15) is 5.26 Å². The molecule has 8 heteroatoms. The van der Waals surface area contributed by atoms with Gasteiger partial charge < -0.3 is 19.1 Å². The van der Waals surface area contributed by atoms with E-state index < -0.39 is 0 Å². The number of aromatic nitrogens is 2. The van der Waals surface area contributed by atoms with Crippen LogP contribution < -0.4 is 4.90 Å². The average molecular weight is 450 g/mol. The summed E-state index contributed by atoms with van der Waals surface area (Å²) in [7, 11) is 0. The Balaban J connectivity index is 1.46. The molecule has 0 spiro atoms. The molecule has 0 N–H and O–H groups in total. The zero-order chi connectivity index (χ0) is 22.9. The fourth-order valence-corrected chi connectivity index (χ4v) is 5.63. The zero-order valence-corrected chi connectivity index (χ0v) is 19.5. The first-order valence-corrected chi connectivity index (χ1v) is 12.1. The van der Waals surface area contributed by atoms with E-state index in [9.17, 15) is 10.1 Å². The number of hydrogen-bond acceptors (Lipinski definition) is 7. The molecule has 3 aliphatic rings. The number of carbonyl (C=O) groups excluding carboxylic acids is 1. The molecule has 2 fully saturated rings. The van der Waals surface area contributed by atoms with Crippen LogP contribution in [0, 0.1) is 18.3 Å². The Labute approximate surface area is 194 Å². The van der Waals surface area contributed by atoms with E-state index in [1.54, 1.807) is 6.92 Å². The third-order valence-electron chi connectivity index (χ3n) is 7.44. The van der Waals surface area contributed by atoms with Gasteiger partial charge in [-0.3, -0.25) is 4.79 Å². The Kier molecular flexibility index (Phi) is 6.07. The second-order valence-corrected chi connectivity index (χ2v) is 9.49. The van der Waals surface area contributed by atoms with Gasteiger partial charge in [0.15, 0.2) is 0 Å². The van der Waals surface area contributed by atoms with E-state index in [2.05, 4.69) is 16.1 Å². The lowest BCUT2D eigenvalue weighted by Crippen LogP contribution is -2.54. The number of piperazine rings is 1. The first-order chi connectivity index (χ1) is 16.1. The van der Waals surface area contributed by atoms with Crippen LogP contribution in [0.25, 0.3) is 0 Å². The van der Waals surface area contributed by atoms with Crippen molar-refractivity contribution >= 4 is 11.7 Å². The number of nitrogens with zero attached hydrogens (tertiary/aromatic N) is 5. The highest BCUT2D eigenvalue weighted by molar-refractivity contribution is 5.95. The van der Waals surface area contributed by atoms with Crippen molar-refractivity contribution in [1.29, 1.82) is 5.26 Å². The first kappa shape index (κ1) is 21.9. The summed E-state index contributed by atoms with van der Waals surface area (Å²) in [4.78, 5) is 22.3. The topological polar surface area (TPSA) is 95.5 Å². The zero-order valence-electron chi connectivity index (χ0n) is 19.5. The second kappa shape index (κ2) is 9.14. The van der Waals surface area contributed by atoms with Crippen molar-refractivity contribution in [3.63, 3.8) is 0 Å². The maximum atomic E-state index is 13.0. The molecule has 1 unspecified atom stereocenters. The van der Waals surface area contributed by atoms with Gasteiger partial charge in [0.05, 0.1) is 30.7 Å². The van der Waals surface area contributed by atoms with Gasteiger partial charge in [-0.05, 0) is 38.7 Å². The average Bonchev–Trinajstić information content (AvgIpc) is 3.28. The number of aryl methyl sites for hydroxylation is 1. The summed E-state index contributed by atoms with van der Waals surface area (Å²) in [6.07, 6.45) is 8.32. The molecule has 33 heavy (non-hydrogen) atoms. The summed E-state index contributed by atoms with van der Waals surface area (Å²) in [5.41, 5.74) is 4.62. The van der Waals surface area contributed by atoms with Crippen LogP contribution in [-0.2, 0) is 17.8 Å². The SMILES string of the molecule is Cc1oncc1C(=O)N1CCN(c2nc(C3CCCCC3)c3c(c2C#N)CCOC3)CC1C. The Bertz CT molecular complexity index is 1080. The van der Waals surface area contributed by atoms with Crippen molar-refractivity contribution in [2.75, 3.05) is 31.1 Å². The molecule has 2 aromatic heterocycles. The largest absolute Gasteiger partial charge is 0.376 e. The number of anilines is 1. The van der Waals surface area contributed by atoms with E-state index in [0.29, 0.717) is 55.7 Å². The predicted octanol–water partition coefficient (Wildman–Crippen LogP) is 3.72. The van der Waals surface area contributed by atoms with Crippen LogP contribution in [0.5, 0.6) is 0 Å². The summed E-state index contributed by atoms with van der Waals surface area (Å²) >= 11 is 0. The van der Waals surface area contributed by atoms with Gasteiger partial charge >= 0.3 is 0 Å². The van der Waals surface area contributed by atoms with E-state index in [1.807, 2.05) is 11.8 Å². The van der Waals surface area contributed by atoms with Crippen LogP contribution in [0.4, 0.5) is 5.82 Å². The standard InChI is InChI=1S/C25H31N5O3/c1-16-14-29(9-10-30(16)25(31)21-13-27-33-17(21)2)24-20(12-26)19-8-11-32-15-22(19)23(28-24)18-6-4-3-5-7-18/h13,16,18H,3-11,14-15H2,1-2H3. The van der Waals surface area contributed by atoms with Crippen LogP contribution in [-0.4, -0.2) is 53.2 Å². The van der Waals surface area contributed by atoms with Crippen molar-refractivity contribution in [3.05, 3.63) is 39.9 Å². The maximum Gasteiger partial charge on any atom is 0.259 e. The van der Waals surface area contributed by atoms with Crippen molar-refractivity contribution < 1.29 is 14.1 Å². The molecule has 5 rings (SSSR count). The quantitative estimate of drug-likeness (QED) is 0.705. The van der Waals surface area contributed by atoms with E-state index in [4.69, 9.17) is 14.2 Å². The number of hydrogen-bond donors (Lipinski definition) is 0. The molecule has 0 radical (unpaired) electrons. The Morgan fingerprint density at radius 2 is 2.03 bits per heavy atom. The van der Waals surface area contributed by atoms with Crippen LogP contribution in [0.3, 0.4) is 0 Å². The fraction of sp³-hybridized carbons (Fsp3) is 0.600. The van der Waals surface area contributed by atoms with Crippen LogP contribution in [0.15, 0.2) is 10.7 Å². The van der Waals surface area contributed by atoms with Gasteiger partial charge in [0.25, 0.3) is 5.91 Å². The normalized spacial score (nSPS) is 21.5. The second-order valence-electron chi connectivity index (χ2n) is 9.49. The number of nitriles is 1. The van der Waals surface area contributed by atoms with Crippen molar-refractivity contribution in [1.82, 2.24) is 15.0 Å². The molecule has 1 amide bonds. The molecule has 0 bridgehead atoms. The molecule has 4 heterocycles. The smallest absolute Gasteiger partial charge is 0.259 e. The van der Waals surface area contributed by atoms with Gasteiger partial charge in [0.1, 0.15) is 23.2 Å². The summed E-state index contributed by atoms with van der Waals surface area (Å²) in [6.45, 7) is 6.85. The third-order valence-corrected chi connectivity index (χ3v) is 7.44. The molecule has 1 atom stereocenters. The van der Waals surface area contributed by atoms with E-state index >= 15 is 0 Å². The third kappa shape index (κ3) is 3.99. The summed E-state index contributed by atoms with van der Waals surface area (Å²) in [5, 5.41) is 13.9. The molecule has 1 aliphatic carbocycles. The lowest BCUT2D eigenvalue weighted by atomic mass is 9.82. The molecule has 1 saturated carbocycles. The molecule has 0 aromatic carbocycles. The number of pyridine rings is 1. The predicted molar refractivity (Wildman–Crippen MR) is 122 cm³/mol. The van der Waals surface area contributed by atoms with Gasteiger partial charge in [0, 0.05) is 37.2 Å². The summed E-state index contributed by atoms with van der Waals surface area (Å²) in [5.74, 6) is 1.72. The minimum Gasteiger partial charge on any atom is -0.376 e. The van der Waals surface area contributed by atoms with Gasteiger partial charge in [-0.25, -0.2) is 4.98 Å². The Hall–Kier alpha value is -2.92. The molecular formula is C25H31N5O3. The monoisotopic (exact) mass is 449 g/mol. The van der Waals surface area contributed by atoms with Crippen LogP contribution in [0.1, 0.15) is 83.4 Å². The van der Waals surface area contributed by atoms with Crippen molar-refractivity contribution in [2.45, 2.75) is 70.9 Å². The van der Waals surface area contributed by atoms with Gasteiger partial charge in [-0.1, -0.05) is 24.4 Å². The molecular weight excluding hydrogens is 418 g/mol. The molecule has 2 aromatic rings. The van der Waals surface area contributed by atoms with Crippen molar-refractivity contribution in [2.24, 2.45) is 0 Å². The number of amides is 1. The number of rotatable bonds is 3. The maximum absolute atomic E-state index is 13.0. The molecule has 174 valence electrons. The number of carbonyl (C=O) groups is 1.